The zero-order valence-electron chi connectivity index (χ0n) is 20.9. The van der Waals surface area contributed by atoms with E-state index in [1.54, 1.807) is 17.9 Å². The van der Waals surface area contributed by atoms with Gasteiger partial charge in [-0.05, 0) is 65.2 Å². The van der Waals surface area contributed by atoms with E-state index < -0.39 is 0 Å². The predicted molar refractivity (Wildman–Crippen MR) is 138 cm³/mol. The summed E-state index contributed by atoms with van der Waals surface area (Å²) in [6.07, 6.45) is 0. The smallest absolute Gasteiger partial charge is 0.173 e. The average Bonchev–Trinajstić information content (AvgIpc) is 3.35. The van der Waals surface area contributed by atoms with Crippen molar-refractivity contribution in [1.82, 2.24) is 25.1 Å². The molecule has 36 heavy (non-hydrogen) atoms. The number of hydrogen-bond acceptors (Lipinski definition) is 6. The minimum Gasteiger partial charge on any atom is -0.497 e. The number of rotatable bonds is 7. The molecule has 0 spiro atoms. The number of tetrazole rings is 1. The number of anilines is 1. The van der Waals surface area contributed by atoms with Gasteiger partial charge >= 0.3 is 0 Å². The number of benzene rings is 3. The zero-order valence-corrected chi connectivity index (χ0v) is 20.9. The molecule has 0 N–H and O–H groups in total. The third kappa shape index (κ3) is 4.81. The lowest BCUT2D eigenvalue weighted by Gasteiger charge is -2.40. The van der Waals surface area contributed by atoms with Crippen LogP contribution in [0.25, 0.3) is 0 Å². The Labute approximate surface area is 211 Å². The van der Waals surface area contributed by atoms with Gasteiger partial charge in [0.25, 0.3) is 0 Å². The normalized spacial score (nSPS) is 15.2. The Morgan fingerprint density at radius 1 is 0.917 bits per heavy atom. The van der Waals surface area contributed by atoms with Crippen LogP contribution in [0.4, 0.5) is 10.1 Å². The molecule has 7 nitrogen and oxygen atoms in total. The molecule has 0 amide bonds. The molecule has 1 aliphatic heterocycles. The lowest BCUT2D eigenvalue weighted by atomic mass is 10.0. The molecule has 1 fully saturated rings. The summed E-state index contributed by atoms with van der Waals surface area (Å²) in [6.45, 7) is 8.02. The molecule has 0 bridgehead atoms. The quantitative estimate of drug-likeness (QED) is 0.386. The predicted octanol–water partition coefficient (Wildman–Crippen LogP) is 4.40. The van der Waals surface area contributed by atoms with Gasteiger partial charge in [0.05, 0.1) is 13.7 Å². The molecule has 186 valence electrons. The first-order chi connectivity index (χ1) is 17.5. The number of hydrogen-bond donors (Lipinski definition) is 0. The molecule has 1 aromatic heterocycles. The van der Waals surface area contributed by atoms with Crippen molar-refractivity contribution < 1.29 is 9.13 Å². The fourth-order valence-corrected chi connectivity index (χ4v) is 4.92. The Morgan fingerprint density at radius 3 is 2.39 bits per heavy atom. The van der Waals surface area contributed by atoms with Crippen LogP contribution < -0.4 is 9.64 Å². The molecule has 0 aliphatic carbocycles. The maximum absolute atomic E-state index is 15.1. The van der Waals surface area contributed by atoms with Crippen molar-refractivity contribution in [3.05, 3.63) is 101 Å². The van der Waals surface area contributed by atoms with Gasteiger partial charge in [0.2, 0.25) is 0 Å². The Bertz CT molecular complexity index is 1310. The highest BCUT2D eigenvalue weighted by Gasteiger charge is 2.32. The fourth-order valence-electron chi connectivity index (χ4n) is 4.92. The number of aryl methyl sites for hydroxylation is 1. The van der Waals surface area contributed by atoms with Gasteiger partial charge in [-0.25, -0.2) is 9.07 Å². The van der Waals surface area contributed by atoms with E-state index in [1.165, 1.54) is 22.9 Å². The van der Waals surface area contributed by atoms with Crippen LogP contribution in [0.2, 0.25) is 0 Å². The number of nitrogens with zero attached hydrogens (tertiary/aromatic N) is 6. The van der Waals surface area contributed by atoms with Crippen LogP contribution in [0, 0.1) is 19.7 Å². The Hall–Kier alpha value is -3.78. The summed E-state index contributed by atoms with van der Waals surface area (Å²) in [4.78, 5) is 4.70. The van der Waals surface area contributed by atoms with Crippen molar-refractivity contribution in [2.45, 2.75) is 26.4 Å². The van der Waals surface area contributed by atoms with Gasteiger partial charge in [-0.1, -0.05) is 42.5 Å². The topological polar surface area (TPSA) is 59.3 Å². The largest absolute Gasteiger partial charge is 0.497 e. The van der Waals surface area contributed by atoms with E-state index in [0.29, 0.717) is 17.9 Å². The first-order valence-corrected chi connectivity index (χ1v) is 12.2. The van der Waals surface area contributed by atoms with Gasteiger partial charge < -0.3 is 9.64 Å². The van der Waals surface area contributed by atoms with Gasteiger partial charge in [-0.3, -0.25) is 4.90 Å². The fraction of sp³-hybridized carbons (Fsp3) is 0.321. The molecule has 8 heteroatoms. The first kappa shape index (κ1) is 23.9. The minimum absolute atomic E-state index is 0.251. The van der Waals surface area contributed by atoms with E-state index in [1.807, 2.05) is 36.4 Å². The SMILES string of the molecule is COc1ccc(Cn2nnnc2[C@@H](c2ccccc2F)N2CCN(c3cccc(C)c3C)CC2)cc1. The van der Waals surface area contributed by atoms with Crippen molar-refractivity contribution in [3.63, 3.8) is 0 Å². The second-order valence-corrected chi connectivity index (χ2v) is 9.21. The summed E-state index contributed by atoms with van der Waals surface area (Å²) in [5, 5.41) is 12.7. The van der Waals surface area contributed by atoms with E-state index in [4.69, 9.17) is 4.74 Å². The third-order valence-corrected chi connectivity index (χ3v) is 7.09. The van der Waals surface area contributed by atoms with E-state index in [2.05, 4.69) is 57.4 Å². The van der Waals surface area contributed by atoms with E-state index in [-0.39, 0.29) is 11.9 Å². The molecular weight excluding hydrogens is 455 g/mol. The van der Waals surface area contributed by atoms with Crippen LogP contribution in [-0.2, 0) is 6.54 Å². The second-order valence-electron chi connectivity index (χ2n) is 9.21. The molecule has 3 aromatic carbocycles. The van der Waals surface area contributed by atoms with Gasteiger partial charge in [0, 0.05) is 37.4 Å². The van der Waals surface area contributed by atoms with E-state index in [9.17, 15) is 0 Å². The summed E-state index contributed by atoms with van der Waals surface area (Å²) in [7, 11) is 1.65. The molecule has 0 unspecified atom stereocenters. The van der Waals surface area contributed by atoms with Crippen LogP contribution in [0.15, 0.2) is 66.7 Å². The summed E-state index contributed by atoms with van der Waals surface area (Å²) in [6, 6.07) is 20.8. The van der Waals surface area contributed by atoms with Crippen LogP contribution in [-0.4, -0.2) is 58.4 Å². The third-order valence-electron chi connectivity index (χ3n) is 7.09. The highest BCUT2D eigenvalue weighted by Crippen LogP contribution is 2.32. The second kappa shape index (κ2) is 10.5. The van der Waals surface area contributed by atoms with Crippen molar-refractivity contribution >= 4 is 5.69 Å². The van der Waals surface area contributed by atoms with Crippen molar-refractivity contribution in [2.24, 2.45) is 0 Å². The molecular formula is C28H31FN6O. The molecule has 0 radical (unpaired) electrons. The monoisotopic (exact) mass is 486 g/mol. The van der Waals surface area contributed by atoms with Crippen molar-refractivity contribution in [3.8, 4) is 5.75 Å². The maximum atomic E-state index is 15.1. The number of piperazine rings is 1. The molecule has 2 heterocycles. The average molecular weight is 487 g/mol. The Kier molecular flexibility index (Phi) is 6.95. The van der Waals surface area contributed by atoms with Crippen LogP contribution in [0.3, 0.4) is 0 Å². The summed E-state index contributed by atoms with van der Waals surface area (Å²) in [5.41, 5.74) is 5.48. The molecule has 1 aliphatic rings. The van der Waals surface area contributed by atoms with Crippen LogP contribution in [0.1, 0.15) is 34.1 Å². The number of halogens is 1. The molecule has 5 rings (SSSR count). The first-order valence-electron chi connectivity index (χ1n) is 12.2. The highest BCUT2D eigenvalue weighted by molar-refractivity contribution is 5.56. The van der Waals surface area contributed by atoms with Gasteiger partial charge in [-0.2, -0.15) is 0 Å². The van der Waals surface area contributed by atoms with E-state index >= 15 is 4.39 Å². The molecule has 1 atom stereocenters. The van der Waals surface area contributed by atoms with Crippen molar-refractivity contribution in [2.75, 3.05) is 38.2 Å². The summed E-state index contributed by atoms with van der Waals surface area (Å²) >= 11 is 0. The lowest BCUT2D eigenvalue weighted by Crippen LogP contribution is -2.48. The van der Waals surface area contributed by atoms with Crippen LogP contribution in [0.5, 0.6) is 5.75 Å². The minimum atomic E-state index is -0.389. The van der Waals surface area contributed by atoms with Gasteiger partial charge in [-0.15, -0.1) is 5.10 Å². The van der Waals surface area contributed by atoms with E-state index in [0.717, 1.165) is 37.5 Å². The zero-order chi connectivity index (χ0) is 25.1. The standard InChI is InChI=1S/C28H31FN6O/c1-20-7-6-10-26(21(20)2)33-15-17-34(18-16-33)27(24-8-4-5-9-25(24)29)28-30-31-32-35(28)19-22-11-13-23(36-3)14-12-22/h4-14,27H,15-19H2,1-3H3/t27-/m1/s1. The Balaban J connectivity index is 1.43. The van der Waals surface area contributed by atoms with Crippen molar-refractivity contribution in [1.29, 1.82) is 0 Å². The van der Waals surface area contributed by atoms with Crippen LogP contribution >= 0.6 is 0 Å². The molecule has 4 aromatic rings. The molecule has 1 saturated heterocycles. The highest BCUT2D eigenvalue weighted by atomic mass is 19.1. The number of aromatic nitrogens is 4. The van der Waals surface area contributed by atoms with Gasteiger partial charge in [0.1, 0.15) is 17.6 Å². The number of ether oxygens (including phenoxy) is 1. The number of methoxy groups -OCH3 is 1. The van der Waals surface area contributed by atoms with Gasteiger partial charge in [0.15, 0.2) is 5.82 Å². The molecule has 0 saturated carbocycles. The lowest BCUT2D eigenvalue weighted by molar-refractivity contribution is 0.198. The maximum Gasteiger partial charge on any atom is 0.173 e. The summed E-state index contributed by atoms with van der Waals surface area (Å²) < 4.78 is 22.2. The summed E-state index contributed by atoms with van der Waals surface area (Å²) in [5.74, 6) is 1.18. The Morgan fingerprint density at radius 2 is 1.67 bits per heavy atom.